The Labute approximate surface area is 158 Å². The summed E-state index contributed by atoms with van der Waals surface area (Å²) in [6, 6.07) is 14.2. The maximum absolute atomic E-state index is 11.0. The van der Waals surface area contributed by atoms with Crippen molar-refractivity contribution < 1.29 is 28.4 Å². The third-order valence-corrected chi connectivity index (χ3v) is 3.35. The van der Waals surface area contributed by atoms with E-state index in [1.54, 1.807) is 60.7 Å². The van der Waals surface area contributed by atoms with Crippen LogP contribution in [-0.4, -0.2) is 33.8 Å². The highest BCUT2D eigenvalue weighted by Crippen LogP contribution is 2.15. The predicted octanol–water partition coefficient (Wildman–Crippen LogP) is 3.05. The molecular formula is C20H18BO6. The van der Waals surface area contributed by atoms with Crippen molar-refractivity contribution in [2.75, 3.05) is 14.2 Å². The Balaban J connectivity index is 1.80. The summed E-state index contributed by atoms with van der Waals surface area (Å²) in [5, 5.41) is 0. The van der Waals surface area contributed by atoms with Gasteiger partial charge in [0.05, 0.1) is 14.2 Å². The van der Waals surface area contributed by atoms with Crippen molar-refractivity contribution in [3.05, 3.63) is 71.8 Å². The second-order valence-corrected chi connectivity index (χ2v) is 5.18. The first-order valence-corrected chi connectivity index (χ1v) is 7.98. The van der Waals surface area contributed by atoms with Gasteiger partial charge >= 0.3 is 19.6 Å². The first-order chi connectivity index (χ1) is 13.1. The maximum atomic E-state index is 11.0. The zero-order valence-electron chi connectivity index (χ0n) is 15.0. The monoisotopic (exact) mass is 365 g/mol. The Morgan fingerprint density at radius 3 is 1.41 bits per heavy atom. The summed E-state index contributed by atoms with van der Waals surface area (Å²) < 4.78 is 19.9. The molecule has 0 unspecified atom stereocenters. The molecule has 1 radical (unpaired) electrons. The van der Waals surface area contributed by atoms with E-state index in [4.69, 9.17) is 9.31 Å². The summed E-state index contributed by atoms with van der Waals surface area (Å²) in [4.78, 5) is 22.1. The zero-order valence-corrected chi connectivity index (χ0v) is 15.0. The van der Waals surface area contributed by atoms with Crippen LogP contribution in [-0.2, 0) is 19.1 Å². The van der Waals surface area contributed by atoms with E-state index in [-0.39, 0.29) is 0 Å². The summed E-state index contributed by atoms with van der Waals surface area (Å²) in [5.41, 5.74) is 1.67. The molecule has 2 aromatic rings. The quantitative estimate of drug-likeness (QED) is 0.407. The van der Waals surface area contributed by atoms with Gasteiger partial charge in [-0.15, -0.1) is 0 Å². The molecule has 0 aliphatic rings. The molecule has 0 aromatic heterocycles. The van der Waals surface area contributed by atoms with Crippen molar-refractivity contribution in [2.45, 2.75) is 0 Å². The predicted molar refractivity (Wildman–Crippen MR) is 102 cm³/mol. The number of benzene rings is 2. The van der Waals surface area contributed by atoms with Gasteiger partial charge in [0.1, 0.15) is 11.5 Å². The summed E-state index contributed by atoms with van der Waals surface area (Å²) in [7, 11) is 3.87. The lowest BCUT2D eigenvalue weighted by Crippen LogP contribution is -2.10. The van der Waals surface area contributed by atoms with Crippen molar-refractivity contribution in [1.29, 1.82) is 0 Å². The Bertz CT molecular complexity index is 740. The Morgan fingerprint density at radius 1 is 0.704 bits per heavy atom. The lowest BCUT2D eigenvalue weighted by molar-refractivity contribution is -0.135. The Morgan fingerprint density at radius 2 is 1.07 bits per heavy atom. The largest absolute Gasteiger partial charge is 0.658 e. The number of methoxy groups -OCH3 is 2. The molecule has 2 aromatic carbocycles. The van der Waals surface area contributed by atoms with Gasteiger partial charge in [0, 0.05) is 12.2 Å². The topological polar surface area (TPSA) is 71.1 Å². The smallest absolute Gasteiger partial charge is 0.526 e. The van der Waals surface area contributed by atoms with Crippen LogP contribution in [0.25, 0.3) is 12.2 Å². The van der Waals surface area contributed by atoms with Crippen molar-refractivity contribution in [1.82, 2.24) is 0 Å². The number of esters is 2. The molecular weight excluding hydrogens is 347 g/mol. The minimum absolute atomic E-state index is 0.413. The fraction of sp³-hybridized carbons (Fsp3) is 0.100. The molecule has 6 nitrogen and oxygen atoms in total. The average molecular weight is 365 g/mol. The number of hydrogen-bond donors (Lipinski definition) is 0. The van der Waals surface area contributed by atoms with Crippen LogP contribution in [0.5, 0.6) is 11.5 Å². The third-order valence-electron chi connectivity index (χ3n) is 3.35. The molecule has 0 N–H and O–H groups in total. The molecule has 27 heavy (non-hydrogen) atoms. The van der Waals surface area contributed by atoms with Crippen LogP contribution in [0.4, 0.5) is 0 Å². The van der Waals surface area contributed by atoms with E-state index in [0.29, 0.717) is 11.5 Å². The molecule has 0 saturated heterocycles. The van der Waals surface area contributed by atoms with Gasteiger partial charge in [0.15, 0.2) is 0 Å². The van der Waals surface area contributed by atoms with Gasteiger partial charge in [-0.05, 0) is 47.5 Å². The van der Waals surface area contributed by atoms with Crippen LogP contribution < -0.4 is 9.31 Å². The first kappa shape index (κ1) is 19.8. The number of carbonyl (C=O) groups is 2. The van der Waals surface area contributed by atoms with Crippen molar-refractivity contribution in [2.24, 2.45) is 0 Å². The number of rotatable bonds is 8. The Hall–Kier alpha value is -3.48. The van der Waals surface area contributed by atoms with E-state index in [1.807, 2.05) is 0 Å². The normalized spacial score (nSPS) is 10.6. The summed E-state index contributed by atoms with van der Waals surface area (Å²) in [6.07, 6.45) is 5.97. The van der Waals surface area contributed by atoms with Gasteiger partial charge in [-0.3, -0.25) is 0 Å². The van der Waals surface area contributed by atoms with Gasteiger partial charge in [-0.2, -0.15) is 0 Å². The first-order valence-electron chi connectivity index (χ1n) is 7.98. The molecule has 0 amide bonds. The molecule has 0 aliphatic heterocycles. The molecule has 7 heteroatoms. The molecule has 0 saturated carbocycles. The van der Waals surface area contributed by atoms with Crippen LogP contribution in [0.15, 0.2) is 60.7 Å². The van der Waals surface area contributed by atoms with Gasteiger partial charge in [-0.1, -0.05) is 24.3 Å². The maximum Gasteiger partial charge on any atom is 0.658 e. The zero-order chi connectivity index (χ0) is 19.5. The lowest BCUT2D eigenvalue weighted by atomic mass is 10.2. The van der Waals surface area contributed by atoms with Crippen molar-refractivity contribution in [3.63, 3.8) is 0 Å². The van der Waals surface area contributed by atoms with E-state index in [2.05, 4.69) is 9.47 Å². The van der Waals surface area contributed by atoms with Crippen molar-refractivity contribution in [3.8, 4) is 11.5 Å². The van der Waals surface area contributed by atoms with Crippen LogP contribution in [0.2, 0.25) is 0 Å². The molecule has 0 spiro atoms. The number of carbonyl (C=O) groups excluding carboxylic acids is 2. The highest BCUT2D eigenvalue weighted by atomic mass is 16.6. The molecule has 0 bridgehead atoms. The van der Waals surface area contributed by atoms with E-state index < -0.39 is 11.9 Å². The van der Waals surface area contributed by atoms with E-state index in [1.165, 1.54) is 34.1 Å². The fourth-order valence-corrected chi connectivity index (χ4v) is 1.91. The minimum Gasteiger partial charge on any atom is -0.526 e. The molecule has 0 aliphatic carbocycles. The molecule has 0 atom stereocenters. The van der Waals surface area contributed by atoms with Gasteiger partial charge in [0.2, 0.25) is 0 Å². The van der Waals surface area contributed by atoms with E-state index in [0.717, 1.165) is 11.1 Å². The van der Waals surface area contributed by atoms with Crippen LogP contribution in [0, 0.1) is 0 Å². The Kier molecular flexibility index (Phi) is 7.72. The van der Waals surface area contributed by atoms with Crippen molar-refractivity contribution >= 4 is 31.8 Å². The molecule has 2 rings (SSSR count). The van der Waals surface area contributed by atoms with Crippen LogP contribution in [0.3, 0.4) is 0 Å². The van der Waals surface area contributed by atoms with E-state index in [9.17, 15) is 9.59 Å². The minimum atomic E-state index is -0.413. The average Bonchev–Trinajstić information content (AvgIpc) is 2.72. The molecule has 0 fully saturated rings. The highest BCUT2D eigenvalue weighted by molar-refractivity contribution is 6.20. The van der Waals surface area contributed by atoms with Crippen LogP contribution >= 0.6 is 0 Å². The fourth-order valence-electron chi connectivity index (χ4n) is 1.91. The third kappa shape index (κ3) is 7.11. The summed E-state index contributed by atoms with van der Waals surface area (Å²) >= 11 is 0. The summed E-state index contributed by atoms with van der Waals surface area (Å²) in [6.45, 7) is 0. The van der Waals surface area contributed by atoms with Gasteiger partial charge in [0.25, 0.3) is 0 Å². The van der Waals surface area contributed by atoms with Crippen LogP contribution in [0.1, 0.15) is 11.1 Å². The molecule has 0 heterocycles. The highest BCUT2D eigenvalue weighted by Gasteiger charge is 2.02. The standard InChI is InChI=1S/C20H18BO6/c1-24-19(22)13-7-15-3-9-17(10-4-15)26-21-27-18-11-5-16(6-12-18)8-14-20(23)25-2/h3-14H,1-2H3. The van der Waals surface area contributed by atoms with E-state index >= 15 is 0 Å². The van der Waals surface area contributed by atoms with Gasteiger partial charge in [-0.25, -0.2) is 9.59 Å². The van der Waals surface area contributed by atoms with Gasteiger partial charge < -0.3 is 18.8 Å². The lowest BCUT2D eigenvalue weighted by Gasteiger charge is -2.07. The second-order valence-electron chi connectivity index (χ2n) is 5.18. The number of hydrogen-bond acceptors (Lipinski definition) is 6. The molecule has 137 valence electrons. The number of ether oxygens (including phenoxy) is 2. The SMILES string of the molecule is COC(=O)C=Cc1ccc(O[B]Oc2ccc(C=CC(=O)OC)cc2)cc1. The second kappa shape index (κ2) is 10.5. The summed E-state index contributed by atoms with van der Waals surface area (Å²) in [5.74, 6) is 0.346.